The first-order chi connectivity index (χ1) is 17.0. The van der Waals surface area contributed by atoms with Gasteiger partial charge in [-0.2, -0.15) is 0 Å². The lowest BCUT2D eigenvalue weighted by Gasteiger charge is -2.17. The van der Waals surface area contributed by atoms with Crippen LogP contribution in [-0.4, -0.2) is 66.1 Å². The maximum Gasteiger partial charge on any atom is 0.251 e. The number of amides is 1. The highest BCUT2D eigenvalue weighted by atomic mass is 16.6. The summed E-state index contributed by atoms with van der Waals surface area (Å²) in [5, 5.41) is 36.4. The number of anilines is 1. The molecule has 11 nitrogen and oxygen atoms in total. The van der Waals surface area contributed by atoms with Crippen molar-refractivity contribution in [3.8, 4) is 17.1 Å². The molecule has 2 aromatic heterocycles. The number of nitrogens with zero attached hydrogens (tertiary/aromatic N) is 4. The zero-order chi connectivity index (χ0) is 24.5. The highest BCUT2D eigenvalue weighted by molar-refractivity contribution is 5.85. The van der Waals surface area contributed by atoms with Crippen molar-refractivity contribution in [3.63, 3.8) is 0 Å². The summed E-state index contributed by atoms with van der Waals surface area (Å²) < 4.78 is 7.20. The Hall–Kier alpha value is -4.06. The molecule has 2 aromatic carbocycles. The van der Waals surface area contributed by atoms with Crippen molar-refractivity contribution in [2.24, 2.45) is 0 Å². The van der Waals surface area contributed by atoms with Gasteiger partial charge in [0.1, 0.15) is 18.0 Å². The van der Waals surface area contributed by atoms with E-state index in [0.29, 0.717) is 34.9 Å². The van der Waals surface area contributed by atoms with Crippen LogP contribution in [0.3, 0.4) is 0 Å². The van der Waals surface area contributed by atoms with Crippen LogP contribution in [0.15, 0.2) is 60.9 Å². The highest BCUT2D eigenvalue weighted by Gasteiger charge is 2.47. The second kappa shape index (κ2) is 9.29. The number of hydrogen-bond donors (Lipinski definition) is 5. The summed E-state index contributed by atoms with van der Waals surface area (Å²) >= 11 is 0. The fraction of sp³-hybridized carbons (Fsp3) is 0.250. The van der Waals surface area contributed by atoms with Crippen LogP contribution in [0.4, 0.5) is 5.82 Å². The van der Waals surface area contributed by atoms with E-state index in [9.17, 15) is 20.1 Å². The summed E-state index contributed by atoms with van der Waals surface area (Å²) in [4.78, 5) is 25.8. The van der Waals surface area contributed by atoms with Gasteiger partial charge in [-0.15, -0.1) is 0 Å². The molecule has 4 unspecified atom stereocenters. The first-order valence-electron chi connectivity index (χ1n) is 11.0. The third-order valence-electron chi connectivity index (χ3n) is 5.87. The number of aromatic hydroxyl groups is 1. The number of phenols is 1. The minimum absolute atomic E-state index is 0.110. The molecule has 0 saturated carbocycles. The molecule has 1 saturated heterocycles. The first kappa shape index (κ1) is 22.7. The number of ether oxygens (including phenoxy) is 1. The van der Waals surface area contributed by atoms with Crippen LogP contribution in [-0.2, 0) is 16.1 Å². The van der Waals surface area contributed by atoms with Crippen molar-refractivity contribution in [2.45, 2.75) is 31.1 Å². The number of aromatic nitrogens is 4. The standard InChI is InChI=1S/C24H24N6O5/c1-25-23(34)19-17(32)18(33)24(35-19)30-12-27-16-21(26-11-13-5-3-2-4-6-13)28-20(29-22(16)30)14-7-9-15(31)10-8-14/h2-10,12,17-19,24,31-33H,11H2,1H3,(H,25,34)(H,26,28,29). The lowest BCUT2D eigenvalue weighted by molar-refractivity contribution is -0.137. The van der Waals surface area contributed by atoms with Gasteiger partial charge in [0, 0.05) is 19.2 Å². The summed E-state index contributed by atoms with van der Waals surface area (Å²) in [6.45, 7) is 0.481. The molecule has 180 valence electrons. The highest BCUT2D eigenvalue weighted by Crippen LogP contribution is 2.33. The zero-order valence-corrected chi connectivity index (χ0v) is 18.7. The molecule has 5 rings (SSSR count). The van der Waals surface area contributed by atoms with Gasteiger partial charge >= 0.3 is 0 Å². The van der Waals surface area contributed by atoms with E-state index in [1.807, 2.05) is 30.3 Å². The molecule has 1 aliphatic heterocycles. The maximum atomic E-state index is 12.1. The monoisotopic (exact) mass is 476 g/mol. The van der Waals surface area contributed by atoms with Gasteiger partial charge in [-0.25, -0.2) is 15.0 Å². The van der Waals surface area contributed by atoms with Crippen LogP contribution in [0.25, 0.3) is 22.6 Å². The zero-order valence-electron chi connectivity index (χ0n) is 18.7. The second-order valence-corrected chi connectivity index (χ2v) is 8.15. The maximum absolute atomic E-state index is 12.1. The van der Waals surface area contributed by atoms with Crippen LogP contribution in [0, 0.1) is 0 Å². The van der Waals surface area contributed by atoms with Crippen molar-refractivity contribution in [2.75, 3.05) is 12.4 Å². The smallest absolute Gasteiger partial charge is 0.251 e. The number of fused-ring (bicyclic) bond motifs is 1. The van der Waals surface area contributed by atoms with E-state index in [2.05, 4.69) is 25.6 Å². The van der Waals surface area contributed by atoms with E-state index in [1.165, 1.54) is 30.1 Å². The van der Waals surface area contributed by atoms with E-state index in [4.69, 9.17) is 4.74 Å². The minimum Gasteiger partial charge on any atom is -0.508 e. The Bertz CT molecular complexity index is 1340. The van der Waals surface area contributed by atoms with E-state index in [1.54, 1.807) is 12.1 Å². The molecule has 4 atom stereocenters. The third-order valence-corrected chi connectivity index (χ3v) is 5.87. The molecule has 11 heteroatoms. The van der Waals surface area contributed by atoms with Crippen LogP contribution in [0.1, 0.15) is 11.8 Å². The summed E-state index contributed by atoms with van der Waals surface area (Å²) in [5.41, 5.74) is 2.46. The van der Waals surface area contributed by atoms with Crippen LogP contribution < -0.4 is 10.6 Å². The fourth-order valence-corrected chi connectivity index (χ4v) is 4.00. The minimum atomic E-state index is -1.42. The number of carbonyl (C=O) groups is 1. The van der Waals surface area contributed by atoms with Crippen molar-refractivity contribution >= 4 is 22.9 Å². The average Bonchev–Trinajstić information content (AvgIpc) is 3.44. The SMILES string of the molecule is CNC(=O)C1OC(n2cnc3c(NCc4ccccc4)nc(-c4ccc(O)cc4)nc32)C(O)C1O. The molecule has 0 bridgehead atoms. The Morgan fingerprint density at radius 2 is 1.80 bits per heavy atom. The number of benzene rings is 2. The number of nitrogens with one attached hydrogen (secondary N) is 2. The van der Waals surface area contributed by atoms with Crippen LogP contribution >= 0.6 is 0 Å². The summed E-state index contributed by atoms with van der Waals surface area (Å²) in [7, 11) is 1.42. The largest absolute Gasteiger partial charge is 0.508 e. The number of phenolic OH excluding ortho intramolecular Hbond substituents is 1. The van der Waals surface area contributed by atoms with Crippen LogP contribution in [0.2, 0.25) is 0 Å². The predicted octanol–water partition coefficient (Wildman–Crippen LogP) is 1.18. The molecule has 1 amide bonds. The van der Waals surface area contributed by atoms with E-state index in [-0.39, 0.29) is 5.75 Å². The molecular formula is C24H24N6O5. The van der Waals surface area contributed by atoms with Gasteiger partial charge in [-0.1, -0.05) is 30.3 Å². The normalized spacial score (nSPS) is 21.8. The molecular weight excluding hydrogens is 452 g/mol. The lowest BCUT2D eigenvalue weighted by atomic mass is 10.1. The average molecular weight is 476 g/mol. The molecule has 0 aliphatic carbocycles. The van der Waals surface area contributed by atoms with Crippen molar-refractivity contribution < 1.29 is 24.9 Å². The number of carbonyl (C=O) groups excluding carboxylic acids is 1. The molecule has 3 heterocycles. The van der Waals surface area contributed by atoms with Crippen molar-refractivity contribution in [1.29, 1.82) is 0 Å². The Morgan fingerprint density at radius 3 is 2.51 bits per heavy atom. The second-order valence-electron chi connectivity index (χ2n) is 8.15. The number of rotatable bonds is 6. The quantitative estimate of drug-likeness (QED) is 0.276. The van der Waals surface area contributed by atoms with Crippen molar-refractivity contribution in [3.05, 3.63) is 66.5 Å². The Kier molecular flexibility index (Phi) is 6.03. The molecule has 0 radical (unpaired) electrons. The number of aliphatic hydroxyl groups is 2. The predicted molar refractivity (Wildman–Crippen MR) is 126 cm³/mol. The van der Waals surface area contributed by atoms with Crippen molar-refractivity contribution in [1.82, 2.24) is 24.8 Å². The summed E-state index contributed by atoms with van der Waals surface area (Å²) in [5.74, 6) is 0.370. The molecule has 1 aliphatic rings. The Balaban J connectivity index is 1.58. The Morgan fingerprint density at radius 1 is 1.06 bits per heavy atom. The number of likely N-dealkylation sites (N-methyl/N-ethyl adjacent to an activating group) is 1. The first-order valence-corrected chi connectivity index (χ1v) is 11.0. The molecule has 35 heavy (non-hydrogen) atoms. The van der Waals surface area contributed by atoms with E-state index >= 15 is 0 Å². The van der Waals surface area contributed by atoms with Gasteiger partial charge < -0.3 is 30.7 Å². The van der Waals surface area contributed by atoms with Gasteiger partial charge in [-0.3, -0.25) is 9.36 Å². The van der Waals surface area contributed by atoms with Gasteiger partial charge in [0.15, 0.2) is 35.1 Å². The molecule has 5 N–H and O–H groups in total. The molecule has 4 aromatic rings. The van der Waals surface area contributed by atoms with Gasteiger partial charge in [-0.05, 0) is 29.8 Å². The topological polar surface area (TPSA) is 155 Å². The molecule has 0 spiro atoms. The molecule has 1 fully saturated rings. The van der Waals surface area contributed by atoms with Gasteiger partial charge in [0.05, 0.1) is 6.33 Å². The Labute approximate surface area is 200 Å². The number of imidazole rings is 1. The van der Waals surface area contributed by atoms with Gasteiger partial charge in [0.25, 0.3) is 5.91 Å². The van der Waals surface area contributed by atoms with E-state index in [0.717, 1.165) is 5.56 Å². The van der Waals surface area contributed by atoms with Crippen LogP contribution in [0.5, 0.6) is 5.75 Å². The number of aliphatic hydroxyl groups excluding tert-OH is 2. The van der Waals surface area contributed by atoms with Gasteiger partial charge in [0.2, 0.25) is 0 Å². The fourth-order valence-electron chi connectivity index (χ4n) is 4.00. The summed E-state index contributed by atoms with van der Waals surface area (Å²) in [6, 6.07) is 16.2. The third kappa shape index (κ3) is 4.28. The number of hydrogen-bond acceptors (Lipinski definition) is 9. The van der Waals surface area contributed by atoms with E-state index < -0.39 is 30.4 Å². The lowest BCUT2D eigenvalue weighted by Crippen LogP contribution is -2.41. The summed E-state index contributed by atoms with van der Waals surface area (Å²) in [6.07, 6.45) is -3.72.